The number of ether oxygens (including phenoxy) is 4. The first-order chi connectivity index (χ1) is 13.5. The van der Waals surface area contributed by atoms with Crippen LogP contribution in [0.15, 0.2) is 30.6 Å². The lowest BCUT2D eigenvalue weighted by molar-refractivity contribution is 0.356. The van der Waals surface area contributed by atoms with Crippen LogP contribution >= 0.6 is 0 Å². The minimum atomic E-state index is 0.300. The van der Waals surface area contributed by atoms with Crippen molar-refractivity contribution in [2.24, 2.45) is 0 Å². The van der Waals surface area contributed by atoms with Gasteiger partial charge in [0.2, 0.25) is 0 Å². The molecule has 0 radical (unpaired) electrons. The predicted molar refractivity (Wildman–Crippen MR) is 110 cm³/mol. The normalized spacial score (nSPS) is 10.8. The van der Waals surface area contributed by atoms with Crippen molar-refractivity contribution in [3.8, 4) is 23.0 Å². The SMILES string of the molecule is COc1cc(C(C)C)c(OC)cc1Nc1ncnc2cc(OC)c(OC)cc12. The Morgan fingerprint density at radius 3 is 2.00 bits per heavy atom. The van der Waals surface area contributed by atoms with Crippen molar-refractivity contribution >= 4 is 22.4 Å². The summed E-state index contributed by atoms with van der Waals surface area (Å²) in [6.45, 7) is 4.23. The third-order valence-corrected chi connectivity index (χ3v) is 4.57. The minimum absolute atomic E-state index is 0.300. The van der Waals surface area contributed by atoms with E-state index in [-0.39, 0.29) is 0 Å². The van der Waals surface area contributed by atoms with E-state index in [2.05, 4.69) is 29.1 Å². The second-order valence-electron chi connectivity index (χ2n) is 6.52. The van der Waals surface area contributed by atoms with E-state index in [1.165, 1.54) is 6.33 Å². The number of aromatic nitrogens is 2. The van der Waals surface area contributed by atoms with Crippen LogP contribution in [-0.4, -0.2) is 38.4 Å². The maximum atomic E-state index is 5.60. The summed E-state index contributed by atoms with van der Waals surface area (Å²) in [6.07, 6.45) is 1.50. The molecule has 0 aliphatic heterocycles. The van der Waals surface area contributed by atoms with Crippen molar-refractivity contribution in [3.63, 3.8) is 0 Å². The number of hydrogen-bond donors (Lipinski definition) is 1. The highest BCUT2D eigenvalue weighted by molar-refractivity contribution is 5.93. The molecule has 2 aromatic carbocycles. The molecule has 0 saturated carbocycles. The van der Waals surface area contributed by atoms with Crippen molar-refractivity contribution in [1.29, 1.82) is 0 Å². The fourth-order valence-corrected chi connectivity index (χ4v) is 3.08. The summed E-state index contributed by atoms with van der Waals surface area (Å²) in [5, 5.41) is 4.14. The van der Waals surface area contributed by atoms with Gasteiger partial charge >= 0.3 is 0 Å². The van der Waals surface area contributed by atoms with Gasteiger partial charge in [0.15, 0.2) is 11.5 Å². The number of nitrogens with one attached hydrogen (secondary N) is 1. The summed E-state index contributed by atoms with van der Waals surface area (Å²) in [4.78, 5) is 8.75. The van der Waals surface area contributed by atoms with Crippen LogP contribution in [-0.2, 0) is 0 Å². The van der Waals surface area contributed by atoms with Gasteiger partial charge in [-0.05, 0) is 18.1 Å². The first-order valence-electron chi connectivity index (χ1n) is 8.92. The molecule has 1 N–H and O–H groups in total. The van der Waals surface area contributed by atoms with Crippen LogP contribution in [0, 0.1) is 0 Å². The molecule has 148 valence electrons. The number of fused-ring (bicyclic) bond motifs is 1. The van der Waals surface area contributed by atoms with Crippen LogP contribution in [0.2, 0.25) is 0 Å². The number of nitrogens with zero attached hydrogens (tertiary/aromatic N) is 2. The lowest BCUT2D eigenvalue weighted by Crippen LogP contribution is -2.02. The molecule has 0 bridgehead atoms. The van der Waals surface area contributed by atoms with Gasteiger partial charge in [-0.1, -0.05) is 13.8 Å². The average Bonchev–Trinajstić information content (AvgIpc) is 2.72. The fraction of sp³-hybridized carbons (Fsp3) is 0.333. The Bertz CT molecular complexity index is 989. The number of anilines is 2. The highest BCUT2D eigenvalue weighted by Gasteiger charge is 2.16. The van der Waals surface area contributed by atoms with Crippen molar-refractivity contribution < 1.29 is 18.9 Å². The van der Waals surface area contributed by atoms with E-state index in [9.17, 15) is 0 Å². The van der Waals surface area contributed by atoms with Gasteiger partial charge < -0.3 is 24.3 Å². The Balaban J connectivity index is 2.12. The lowest BCUT2D eigenvalue weighted by Gasteiger charge is -2.18. The largest absolute Gasteiger partial charge is 0.496 e. The van der Waals surface area contributed by atoms with Gasteiger partial charge in [-0.2, -0.15) is 0 Å². The molecular formula is C21H25N3O4. The van der Waals surface area contributed by atoms with Crippen LogP contribution < -0.4 is 24.3 Å². The van der Waals surface area contributed by atoms with Crippen LogP contribution in [0.25, 0.3) is 10.9 Å². The second-order valence-corrected chi connectivity index (χ2v) is 6.52. The maximum absolute atomic E-state index is 5.60. The fourth-order valence-electron chi connectivity index (χ4n) is 3.08. The molecule has 3 rings (SSSR count). The van der Waals surface area contributed by atoms with Crippen molar-refractivity contribution in [1.82, 2.24) is 9.97 Å². The third kappa shape index (κ3) is 3.60. The zero-order valence-corrected chi connectivity index (χ0v) is 17.0. The molecule has 28 heavy (non-hydrogen) atoms. The quantitative estimate of drug-likeness (QED) is 0.642. The zero-order valence-electron chi connectivity index (χ0n) is 17.0. The highest BCUT2D eigenvalue weighted by atomic mass is 16.5. The smallest absolute Gasteiger partial charge is 0.162 e. The number of hydrogen-bond acceptors (Lipinski definition) is 7. The molecule has 0 unspecified atom stereocenters. The van der Waals surface area contributed by atoms with E-state index in [1.807, 2.05) is 24.3 Å². The zero-order chi connectivity index (χ0) is 20.3. The van der Waals surface area contributed by atoms with Gasteiger partial charge in [0, 0.05) is 23.1 Å². The van der Waals surface area contributed by atoms with Crippen molar-refractivity contribution in [2.45, 2.75) is 19.8 Å². The standard InChI is InChI=1S/C21H25N3O4/c1-12(2)13-7-18(26-4)16(10-17(13)25-3)24-21-14-8-19(27-5)20(28-6)9-15(14)22-11-23-21/h7-12H,1-6H3,(H,22,23,24). The Kier molecular flexibility index (Phi) is 5.73. The first-order valence-corrected chi connectivity index (χ1v) is 8.92. The van der Waals surface area contributed by atoms with E-state index in [0.29, 0.717) is 29.0 Å². The number of rotatable bonds is 7. The van der Waals surface area contributed by atoms with Crippen LogP contribution in [0.1, 0.15) is 25.3 Å². The van der Waals surface area contributed by atoms with Gasteiger partial charge in [0.05, 0.1) is 39.6 Å². The molecule has 0 aliphatic carbocycles. The van der Waals surface area contributed by atoms with E-state index >= 15 is 0 Å². The summed E-state index contributed by atoms with van der Waals surface area (Å²) in [6, 6.07) is 7.57. The highest BCUT2D eigenvalue weighted by Crippen LogP contribution is 2.39. The molecule has 0 spiro atoms. The molecule has 0 fully saturated rings. The van der Waals surface area contributed by atoms with Crippen molar-refractivity contribution in [3.05, 3.63) is 36.2 Å². The van der Waals surface area contributed by atoms with Crippen LogP contribution in [0.4, 0.5) is 11.5 Å². The number of benzene rings is 2. The van der Waals surface area contributed by atoms with E-state index in [0.717, 1.165) is 27.9 Å². The number of methoxy groups -OCH3 is 4. The lowest BCUT2D eigenvalue weighted by atomic mass is 10.0. The summed E-state index contributed by atoms with van der Waals surface area (Å²) in [5.74, 6) is 3.64. The average molecular weight is 383 g/mol. The van der Waals surface area contributed by atoms with Crippen LogP contribution in [0.3, 0.4) is 0 Å². The summed E-state index contributed by atoms with van der Waals surface area (Å²) in [7, 11) is 6.49. The molecule has 0 amide bonds. The molecule has 1 heterocycles. The van der Waals surface area contributed by atoms with E-state index in [4.69, 9.17) is 18.9 Å². The minimum Gasteiger partial charge on any atom is -0.496 e. The summed E-state index contributed by atoms with van der Waals surface area (Å²) in [5.41, 5.74) is 2.56. The van der Waals surface area contributed by atoms with Gasteiger partial charge in [0.25, 0.3) is 0 Å². The molecule has 7 heteroatoms. The topological polar surface area (TPSA) is 74.7 Å². The summed E-state index contributed by atoms with van der Waals surface area (Å²) < 4.78 is 22.0. The monoisotopic (exact) mass is 383 g/mol. The second kappa shape index (κ2) is 8.21. The Hall–Kier alpha value is -3.22. The van der Waals surface area contributed by atoms with Gasteiger partial charge in [0.1, 0.15) is 23.6 Å². The molecule has 0 atom stereocenters. The Morgan fingerprint density at radius 2 is 1.39 bits per heavy atom. The van der Waals surface area contributed by atoms with Gasteiger partial charge in [-0.25, -0.2) is 9.97 Å². The maximum Gasteiger partial charge on any atom is 0.162 e. The third-order valence-electron chi connectivity index (χ3n) is 4.57. The first kappa shape index (κ1) is 19.5. The van der Waals surface area contributed by atoms with Gasteiger partial charge in [-0.15, -0.1) is 0 Å². The predicted octanol–water partition coefficient (Wildman–Crippen LogP) is 4.53. The van der Waals surface area contributed by atoms with Gasteiger partial charge in [-0.3, -0.25) is 0 Å². The molecule has 0 aliphatic rings. The Morgan fingerprint density at radius 1 is 0.750 bits per heavy atom. The van der Waals surface area contributed by atoms with Crippen molar-refractivity contribution in [2.75, 3.05) is 33.8 Å². The molecular weight excluding hydrogens is 358 g/mol. The molecule has 7 nitrogen and oxygen atoms in total. The summed E-state index contributed by atoms with van der Waals surface area (Å²) >= 11 is 0. The molecule has 1 aromatic heterocycles. The van der Waals surface area contributed by atoms with E-state index in [1.54, 1.807) is 28.4 Å². The molecule has 3 aromatic rings. The van der Waals surface area contributed by atoms with Crippen LogP contribution in [0.5, 0.6) is 23.0 Å². The molecule has 0 saturated heterocycles. The Labute approximate surface area is 164 Å². The van der Waals surface area contributed by atoms with E-state index < -0.39 is 0 Å².